The van der Waals surface area contributed by atoms with E-state index in [1.807, 2.05) is 33.1 Å². The first-order valence-electron chi connectivity index (χ1n) is 8.21. The van der Waals surface area contributed by atoms with Gasteiger partial charge in [0.25, 0.3) is 0 Å². The molecule has 1 N–H and O–H groups in total. The van der Waals surface area contributed by atoms with Crippen LogP contribution in [-0.4, -0.2) is 26.7 Å². The summed E-state index contributed by atoms with van der Waals surface area (Å²) in [5.74, 6) is -0.306. The molecule has 2 heterocycles. The summed E-state index contributed by atoms with van der Waals surface area (Å²) in [4.78, 5) is 22.0. The molecule has 136 valence electrons. The Hall–Kier alpha value is -1.99. The fraction of sp³-hybridized carbons (Fsp3) is 0.316. The van der Waals surface area contributed by atoms with Gasteiger partial charge in [-0.2, -0.15) is 0 Å². The van der Waals surface area contributed by atoms with E-state index in [4.69, 9.17) is 0 Å². The van der Waals surface area contributed by atoms with Crippen LogP contribution in [0.3, 0.4) is 0 Å². The highest BCUT2D eigenvalue weighted by atomic mass is 32.2. The van der Waals surface area contributed by atoms with Gasteiger partial charge in [0.1, 0.15) is 22.0 Å². The van der Waals surface area contributed by atoms with Crippen molar-refractivity contribution in [3.8, 4) is 11.1 Å². The van der Waals surface area contributed by atoms with Crippen molar-refractivity contribution < 1.29 is 9.18 Å². The Morgan fingerprint density at radius 1 is 1.23 bits per heavy atom. The Labute approximate surface area is 160 Å². The minimum atomic E-state index is -0.298. The molecule has 0 saturated carbocycles. The number of thioether (sulfide) groups is 1. The zero-order valence-electron chi connectivity index (χ0n) is 15.0. The summed E-state index contributed by atoms with van der Waals surface area (Å²) in [6, 6.07) is 6.37. The van der Waals surface area contributed by atoms with Gasteiger partial charge in [0.05, 0.1) is 10.6 Å². The zero-order chi connectivity index (χ0) is 18.9. The molecule has 7 heteroatoms. The fourth-order valence-corrected chi connectivity index (χ4v) is 4.38. The van der Waals surface area contributed by atoms with Crippen molar-refractivity contribution in [1.29, 1.82) is 0 Å². The molecule has 3 aromatic rings. The number of hydrogen-bond acceptors (Lipinski definition) is 5. The maximum absolute atomic E-state index is 13.2. The molecule has 3 rings (SSSR count). The molecule has 0 radical (unpaired) electrons. The maximum Gasteiger partial charge on any atom is 0.233 e. The summed E-state index contributed by atoms with van der Waals surface area (Å²) in [7, 11) is 0. The minimum absolute atomic E-state index is 0.0344. The molecule has 0 aliphatic heterocycles. The highest BCUT2D eigenvalue weighted by Gasteiger charge is 2.22. The van der Waals surface area contributed by atoms with E-state index in [-0.39, 0.29) is 22.5 Å². The van der Waals surface area contributed by atoms with E-state index in [2.05, 4.69) is 15.3 Å². The van der Waals surface area contributed by atoms with Gasteiger partial charge in [0, 0.05) is 16.5 Å². The lowest BCUT2D eigenvalue weighted by Gasteiger charge is -2.23. The summed E-state index contributed by atoms with van der Waals surface area (Å²) in [5, 5.41) is 6.35. The summed E-state index contributed by atoms with van der Waals surface area (Å²) >= 11 is 2.92. The van der Waals surface area contributed by atoms with E-state index in [0.29, 0.717) is 0 Å². The second kappa shape index (κ2) is 7.32. The number of rotatable bonds is 4. The van der Waals surface area contributed by atoms with E-state index in [0.717, 1.165) is 26.4 Å². The fourth-order valence-electron chi connectivity index (χ4n) is 2.47. The van der Waals surface area contributed by atoms with Gasteiger partial charge in [-0.1, -0.05) is 23.9 Å². The number of carbonyl (C=O) groups excluding carboxylic acids is 1. The van der Waals surface area contributed by atoms with Crippen LogP contribution in [0.1, 0.15) is 27.7 Å². The number of halogens is 1. The number of nitrogens with zero attached hydrogens (tertiary/aromatic N) is 2. The van der Waals surface area contributed by atoms with Crippen molar-refractivity contribution >= 4 is 39.2 Å². The number of fused-ring (bicyclic) bond motifs is 1. The number of aromatic nitrogens is 2. The van der Waals surface area contributed by atoms with E-state index >= 15 is 0 Å². The lowest BCUT2D eigenvalue weighted by Crippen LogP contribution is -2.44. The van der Waals surface area contributed by atoms with E-state index in [9.17, 15) is 9.18 Å². The van der Waals surface area contributed by atoms with E-state index < -0.39 is 0 Å². The first kappa shape index (κ1) is 18.8. The molecule has 1 aromatic carbocycles. The van der Waals surface area contributed by atoms with Crippen LogP contribution in [0.2, 0.25) is 0 Å². The molecule has 0 aliphatic rings. The number of hydrogen-bond donors (Lipinski definition) is 1. The highest BCUT2D eigenvalue weighted by molar-refractivity contribution is 8.00. The summed E-state index contributed by atoms with van der Waals surface area (Å²) in [6.45, 7) is 7.73. The molecule has 1 amide bonds. The topological polar surface area (TPSA) is 54.9 Å². The summed E-state index contributed by atoms with van der Waals surface area (Å²) < 4.78 is 13.2. The second-order valence-corrected chi connectivity index (χ2v) is 9.20. The van der Waals surface area contributed by atoms with Gasteiger partial charge in [-0.25, -0.2) is 14.4 Å². The molecule has 1 unspecified atom stereocenters. The van der Waals surface area contributed by atoms with Crippen LogP contribution in [-0.2, 0) is 4.79 Å². The van der Waals surface area contributed by atoms with E-state index in [1.165, 1.54) is 41.6 Å². The van der Waals surface area contributed by atoms with Crippen molar-refractivity contribution in [3.05, 3.63) is 41.8 Å². The van der Waals surface area contributed by atoms with Crippen molar-refractivity contribution in [1.82, 2.24) is 15.3 Å². The lowest BCUT2D eigenvalue weighted by molar-refractivity contribution is -0.121. The third-order valence-corrected chi connectivity index (χ3v) is 5.63. The molecule has 4 nitrogen and oxygen atoms in total. The Kier molecular flexibility index (Phi) is 5.29. The zero-order valence-corrected chi connectivity index (χ0v) is 16.7. The van der Waals surface area contributed by atoms with E-state index in [1.54, 1.807) is 12.1 Å². The Balaban J connectivity index is 1.95. The number of amides is 1. The Bertz CT molecular complexity index is 932. The normalized spacial score (nSPS) is 13.0. The standard InChI is InChI=1S/C19H20FN3OS2/c1-11(16(24)23-19(2,3)4)26-18-15-14(9-25-17(15)21-10-22-18)12-5-7-13(20)8-6-12/h5-11H,1-4H3,(H,23,24). The van der Waals surface area contributed by atoms with Crippen molar-refractivity contribution in [2.24, 2.45) is 0 Å². The van der Waals surface area contributed by atoms with Gasteiger partial charge in [-0.3, -0.25) is 4.79 Å². The van der Waals surface area contributed by atoms with Crippen molar-refractivity contribution in [3.63, 3.8) is 0 Å². The Morgan fingerprint density at radius 2 is 1.92 bits per heavy atom. The number of carbonyl (C=O) groups is 1. The second-order valence-electron chi connectivity index (χ2n) is 7.01. The number of thiophene rings is 1. The minimum Gasteiger partial charge on any atom is -0.351 e. The van der Waals surface area contributed by atoms with Gasteiger partial charge < -0.3 is 5.32 Å². The van der Waals surface area contributed by atoms with Crippen LogP contribution < -0.4 is 5.32 Å². The number of nitrogens with one attached hydrogen (secondary N) is 1. The van der Waals surface area contributed by atoms with Crippen LogP contribution in [0.5, 0.6) is 0 Å². The predicted octanol–water partition coefficient (Wildman–Crippen LogP) is 4.89. The molecule has 0 saturated heterocycles. The molecule has 1 atom stereocenters. The van der Waals surface area contributed by atoms with Crippen LogP contribution in [0.25, 0.3) is 21.3 Å². The van der Waals surface area contributed by atoms with Gasteiger partial charge >= 0.3 is 0 Å². The lowest BCUT2D eigenvalue weighted by atomic mass is 10.1. The highest BCUT2D eigenvalue weighted by Crippen LogP contribution is 2.39. The molecule has 0 spiro atoms. The third-order valence-electron chi connectivity index (χ3n) is 3.65. The molecule has 26 heavy (non-hydrogen) atoms. The van der Waals surface area contributed by atoms with Crippen LogP contribution in [0, 0.1) is 5.82 Å². The maximum atomic E-state index is 13.2. The molecular formula is C19H20FN3OS2. The molecule has 2 aromatic heterocycles. The smallest absolute Gasteiger partial charge is 0.233 e. The predicted molar refractivity (Wildman–Crippen MR) is 106 cm³/mol. The summed E-state index contributed by atoms with van der Waals surface area (Å²) in [6.07, 6.45) is 1.52. The average molecular weight is 390 g/mol. The third kappa shape index (κ3) is 4.22. The quantitative estimate of drug-likeness (QED) is 0.510. The molecule has 0 aliphatic carbocycles. The Morgan fingerprint density at radius 3 is 2.58 bits per heavy atom. The van der Waals surface area contributed by atoms with Gasteiger partial charge in [0.15, 0.2) is 0 Å². The van der Waals surface area contributed by atoms with Crippen LogP contribution in [0.15, 0.2) is 41.0 Å². The molecular weight excluding hydrogens is 369 g/mol. The van der Waals surface area contributed by atoms with Crippen molar-refractivity contribution in [2.75, 3.05) is 0 Å². The van der Waals surface area contributed by atoms with Crippen molar-refractivity contribution in [2.45, 2.75) is 43.5 Å². The van der Waals surface area contributed by atoms with Gasteiger partial charge in [-0.05, 0) is 45.4 Å². The first-order chi connectivity index (χ1) is 12.2. The van der Waals surface area contributed by atoms with Crippen LogP contribution in [0.4, 0.5) is 4.39 Å². The van der Waals surface area contributed by atoms with Gasteiger partial charge in [-0.15, -0.1) is 11.3 Å². The van der Waals surface area contributed by atoms with Crippen LogP contribution >= 0.6 is 23.1 Å². The summed E-state index contributed by atoms with van der Waals surface area (Å²) in [5.41, 5.74) is 1.58. The average Bonchev–Trinajstić information content (AvgIpc) is 2.99. The largest absolute Gasteiger partial charge is 0.351 e. The number of benzene rings is 1. The molecule has 0 fully saturated rings. The monoisotopic (exact) mass is 389 g/mol. The molecule has 0 bridgehead atoms. The van der Waals surface area contributed by atoms with Gasteiger partial charge in [0.2, 0.25) is 5.91 Å². The SMILES string of the molecule is CC(Sc1ncnc2scc(-c3ccc(F)cc3)c12)C(=O)NC(C)(C)C. The first-order valence-corrected chi connectivity index (χ1v) is 9.97.